The number of nitrogens with zero attached hydrogens (tertiary/aromatic N) is 4. The van der Waals surface area contributed by atoms with E-state index < -0.39 is 5.97 Å². The first-order valence-corrected chi connectivity index (χ1v) is 7.12. The van der Waals surface area contributed by atoms with Gasteiger partial charge < -0.3 is 9.26 Å². The molecule has 0 aliphatic rings. The van der Waals surface area contributed by atoms with Crippen molar-refractivity contribution in [3.63, 3.8) is 0 Å². The molecule has 0 fully saturated rings. The van der Waals surface area contributed by atoms with E-state index in [9.17, 15) is 9.18 Å². The predicted molar refractivity (Wildman–Crippen MR) is 79.4 cm³/mol. The van der Waals surface area contributed by atoms with Crippen LogP contribution in [-0.2, 0) is 17.8 Å². The third kappa shape index (κ3) is 3.97. The molecular weight excluding hydrogens is 315 g/mol. The lowest BCUT2D eigenvalue weighted by Gasteiger charge is -2.00. The van der Waals surface area contributed by atoms with Crippen LogP contribution in [0.25, 0.3) is 0 Å². The summed E-state index contributed by atoms with van der Waals surface area (Å²) in [6, 6.07) is 6.00. The van der Waals surface area contributed by atoms with Crippen molar-refractivity contribution < 1.29 is 18.4 Å². The topological polar surface area (TPSA) is 91.0 Å². The highest BCUT2D eigenvalue weighted by atomic mass is 19.1. The smallest absolute Gasteiger partial charge is 0.359 e. The molecule has 1 aromatic carbocycles. The molecule has 0 atom stereocenters. The van der Waals surface area contributed by atoms with Gasteiger partial charge in [0.15, 0.2) is 18.1 Å². The second-order valence-electron chi connectivity index (χ2n) is 5.03. The molecule has 0 aliphatic heterocycles. The summed E-state index contributed by atoms with van der Waals surface area (Å²) in [4.78, 5) is 23.8. The summed E-state index contributed by atoms with van der Waals surface area (Å²) in [6.45, 7) is 1.61. The van der Waals surface area contributed by atoms with Crippen LogP contribution in [0.3, 0.4) is 0 Å². The predicted octanol–water partition coefficient (Wildman–Crippen LogP) is 2.25. The molecule has 0 spiro atoms. The minimum Gasteiger partial charge on any atom is -0.451 e. The molecule has 122 valence electrons. The van der Waals surface area contributed by atoms with Crippen molar-refractivity contribution in [2.24, 2.45) is 0 Å². The lowest BCUT2D eigenvalue weighted by Crippen LogP contribution is -2.08. The molecule has 2 aromatic heterocycles. The summed E-state index contributed by atoms with van der Waals surface area (Å²) in [5, 5.41) is 3.80. The van der Waals surface area contributed by atoms with Gasteiger partial charge in [0, 0.05) is 12.6 Å². The van der Waals surface area contributed by atoms with E-state index in [2.05, 4.69) is 20.1 Å². The van der Waals surface area contributed by atoms with Crippen molar-refractivity contribution in [1.29, 1.82) is 0 Å². The minimum absolute atomic E-state index is 0.103. The molecule has 0 saturated carbocycles. The number of aryl methyl sites for hydroxylation is 1. The molecule has 2 heterocycles. The Bertz CT molecular complexity index is 831. The molecule has 0 radical (unpaired) electrons. The highest BCUT2D eigenvalue weighted by Crippen LogP contribution is 2.09. The maximum absolute atomic E-state index is 12.9. The first kappa shape index (κ1) is 15.7. The van der Waals surface area contributed by atoms with Crippen molar-refractivity contribution in [3.05, 3.63) is 71.1 Å². The Kier molecular flexibility index (Phi) is 4.55. The van der Waals surface area contributed by atoms with Crippen LogP contribution >= 0.6 is 0 Å². The average molecular weight is 328 g/mol. The van der Waals surface area contributed by atoms with Crippen molar-refractivity contribution >= 4 is 5.97 Å². The van der Waals surface area contributed by atoms with Gasteiger partial charge in [-0.15, -0.1) is 0 Å². The second-order valence-corrected chi connectivity index (χ2v) is 5.03. The zero-order valence-corrected chi connectivity index (χ0v) is 12.8. The summed E-state index contributed by atoms with van der Waals surface area (Å²) >= 11 is 0. The van der Waals surface area contributed by atoms with Gasteiger partial charge in [-0.05, 0) is 24.6 Å². The van der Waals surface area contributed by atoms with E-state index in [4.69, 9.17) is 9.26 Å². The highest BCUT2D eigenvalue weighted by Gasteiger charge is 2.13. The summed E-state index contributed by atoms with van der Waals surface area (Å²) in [5.74, 6) is -0.345. The van der Waals surface area contributed by atoms with Crippen LogP contribution in [-0.4, -0.2) is 26.1 Å². The summed E-state index contributed by atoms with van der Waals surface area (Å²) < 4.78 is 22.9. The number of halogens is 1. The largest absolute Gasteiger partial charge is 0.451 e. The summed E-state index contributed by atoms with van der Waals surface area (Å²) in [7, 11) is 0. The van der Waals surface area contributed by atoms with E-state index in [1.807, 2.05) is 0 Å². The van der Waals surface area contributed by atoms with E-state index in [0.29, 0.717) is 17.9 Å². The number of carbonyl (C=O) groups excluding carboxylic acids is 1. The molecule has 0 unspecified atom stereocenters. The van der Waals surface area contributed by atoms with Crippen LogP contribution < -0.4 is 0 Å². The number of benzene rings is 1. The zero-order valence-electron chi connectivity index (χ0n) is 12.8. The van der Waals surface area contributed by atoms with Crippen molar-refractivity contribution in [1.82, 2.24) is 20.1 Å². The molecule has 0 N–H and O–H groups in total. The monoisotopic (exact) mass is 328 g/mol. The Morgan fingerprint density at radius 3 is 2.71 bits per heavy atom. The first-order chi connectivity index (χ1) is 11.6. The van der Waals surface area contributed by atoms with E-state index >= 15 is 0 Å². The van der Waals surface area contributed by atoms with Crippen LogP contribution in [0.15, 0.2) is 41.2 Å². The van der Waals surface area contributed by atoms with Gasteiger partial charge in [-0.1, -0.05) is 17.3 Å². The molecule has 0 aliphatic carbocycles. The van der Waals surface area contributed by atoms with Gasteiger partial charge in [0.1, 0.15) is 5.82 Å². The van der Waals surface area contributed by atoms with Crippen molar-refractivity contribution in [2.45, 2.75) is 20.0 Å². The fourth-order valence-electron chi connectivity index (χ4n) is 1.90. The summed E-state index contributed by atoms with van der Waals surface area (Å²) in [5.41, 5.74) is 1.65. The lowest BCUT2D eigenvalue weighted by molar-refractivity contribution is 0.0422. The Balaban J connectivity index is 1.56. The third-order valence-corrected chi connectivity index (χ3v) is 3.10. The zero-order chi connectivity index (χ0) is 16.9. The highest BCUT2D eigenvalue weighted by molar-refractivity contribution is 5.86. The lowest BCUT2D eigenvalue weighted by atomic mass is 10.1. The van der Waals surface area contributed by atoms with Gasteiger partial charge in [-0.25, -0.2) is 14.2 Å². The third-order valence-electron chi connectivity index (χ3n) is 3.10. The molecule has 24 heavy (non-hydrogen) atoms. The van der Waals surface area contributed by atoms with Crippen LogP contribution in [0.1, 0.15) is 33.5 Å². The fourth-order valence-corrected chi connectivity index (χ4v) is 1.90. The normalized spacial score (nSPS) is 10.6. The Hall–Kier alpha value is -3.16. The number of hydrogen-bond donors (Lipinski definition) is 0. The minimum atomic E-state index is -0.624. The van der Waals surface area contributed by atoms with Crippen molar-refractivity contribution in [2.75, 3.05) is 0 Å². The number of esters is 1. The second kappa shape index (κ2) is 6.95. The van der Waals surface area contributed by atoms with Gasteiger partial charge in [0.05, 0.1) is 11.9 Å². The van der Waals surface area contributed by atoms with Gasteiger partial charge in [0.25, 0.3) is 5.89 Å². The SMILES string of the molecule is Cc1cnc(C(=O)OCc2nc(Cc3ccc(F)cc3)no2)cn1. The van der Waals surface area contributed by atoms with E-state index in [-0.39, 0.29) is 24.0 Å². The van der Waals surface area contributed by atoms with E-state index in [1.165, 1.54) is 24.5 Å². The molecule has 3 rings (SSSR count). The molecule has 3 aromatic rings. The standard InChI is InChI=1S/C16H13FN4O3/c1-10-7-19-13(8-18-10)16(22)23-9-15-20-14(21-24-15)6-11-2-4-12(17)5-3-11/h2-5,7-8H,6,9H2,1H3. The number of rotatable bonds is 5. The van der Waals surface area contributed by atoms with E-state index in [1.54, 1.807) is 19.1 Å². The molecular formula is C16H13FN4O3. The van der Waals surface area contributed by atoms with Crippen LogP contribution in [0.2, 0.25) is 0 Å². The quantitative estimate of drug-likeness (QED) is 0.663. The van der Waals surface area contributed by atoms with E-state index in [0.717, 1.165) is 5.56 Å². The molecule has 7 nitrogen and oxygen atoms in total. The van der Waals surface area contributed by atoms with Crippen LogP contribution in [0, 0.1) is 12.7 Å². The van der Waals surface area contributed by atoms with Crippen LogP contribution in [0.5, 0.6) is 0 Å². The number of ether oxygens (including phenoxy) is 1. The number of aromatic nitrogens is 4. The Labute approximate surface area is 136 Å². The van der Waals surface area contributed by atoms with Crippen LogP contribution in [0.4, 0.5) is 4.39 Å². The fraction of sp³-hybridized carbons (Fsp3) is 0.188. The van der Waals surface area contributed by atoms with Gasteiger partial charge in [-0.2, -0.15) is 4.98 Å². The number of hydrogen-bond acceptors (Lipinski definition) is 7. The Morgan fingerprint density at radius 1 is 1.21 bits per heavy atom. The molecule has 0 saturated heterocycles. The van der Waals surface area contributed by atoms with Gasteiger partial charge in [-0.3, -0.25) is 4.98 Å². The maximum Gasteiger partial charge on any atom is 0.359 e. The Morgan fingerprint density at radius 2 is 2.00 bits per heavy atom. The van der Waals surface area contributed by atoms with Crippen molar-refractivity contribution in [3.8, 4) is 0 Å². The van der Waals surface area contributed by atoms with Gasteiger partial charge >= 0.3 is 5.97 Å². The summed E-state index contributed by atoms with van der Waals surface area (Å²) in [6.07, 6.45) is 3.21. The first-order valence-electron chi connectivity index (χ1n) is 7.12. The maximum atomic E-state index is 12.9. The number of carbonyl (C=O) groups is 1. The average Bonchev–Trinajstić information content (AvgIpc) is 3.03. The molecule has 0 bridgehead atoms. The molecule has 0 amide bonds. The van der Waals surface area contributed by atoms with Gasteiger partial charge in [0.2, 0.25) is 0 Å². The molecule has 8 heteroatoms.